The second-order valence-electron chi connectivity index (χ2n) is 2.74. The van der Waals surface area contributed by atoms with Gasteiger partial charge in [0.25, 0.3) is 5.91 Å². The first-order chi connectivity index (χ1) is 7.19. The van der Waals surface area contributed by atoms with Crippen LogP contribution in [0.5, 0.6) is 0 Å². The molecule has 0 aliphatic heterocycles. The van der Waals surface area contributed by atoms with Crippen molar-refractivity contribution in [3.63, 3.8) is 0 Å². The van der Waals surface area contributed by atoms with Gasteiger partial charge >= 0.3 is 0 Å². The number of hydrogen-bond acceptors (Lipinski definition) is 2. The maximum absolute atomic E-state index is 11.7. The zero-order valence-electron chi connectivity index (χ0n) is 8.24. The first-order valence-electron chi connectivity index (χ1n) is 4.24. The Morgan fingerprint density at radius 1 is 1.53 bits per heavy atom. The van der Waals surface area contributed by atoms with Crippen molar-refractivity contribution in [2.75, 3.05) is 13.7 Å². The number of carbonyl (C=O) groups is 1. The van der Waals surface area contributed by atoms with Crippen LogP contribution in [0.1, 0.15) is 10.4 Å². The molecule has 0 N–H and O–H groups in total. The Morgan fingerprint density at radius 3 is 2.60 bits per heavy atom. The van der Waals surface area contributed by atoms with Crippen LogP contribution in [-0.2, 0) is 4.84 Å². The van der Waals surface area contributed by atoms with Gasteiger partial charge in [-0.25, -0.2) is 5.06 Å². The van der Waals surface area contributed by atoms with E-state index in [1.165, 1.54) is 7.11 Å². The average Bonchev–Trinajstić information content (AvgIpc) is 2.26. The van der Waals surface area contributed by atoms with E-state index in [1.54, 1.807) is 24.3 Å². The standard InChI is InChI=1S/C11H10ClNO2/c1-3-8-13(15-2)11(14)9-4-6-10(12)7-5-9/h1,4-7H,8H2,2H3. The summed E-state index contributed by atoms with van der Waals surface area (Å²) in [5, 5.41) is 1.68. The molecule has 0 aromatic heterocycles. The quantitative estimate of drug-likeness (QED) is 0.579. The van der Waals surface area contributed by atoms with Gasteiger partial charge in [0.1, 0.15) is 6.54 Å². The maximum atomic E-state index is 11.7. The number of halogens is 1. The largest absolute Gasteiger partial charge is 0.278 e. The average molecular weight is 224 g/mol. The summed E-state index contributed by atoms with van der Waals surface area (Å²) in [6.07, 6.45) is 5.10. The molecule has 4 heteroatoms. The van der Waals surface area contributed by atoms with E-state index in [9.17, 15) is 4.79 Å². The molecular weight excluding hydrogens is 214 g/mol. The molecule has 15 heavy (non-hydrogen) atoms. The van der Waals surface area contributed by atoms with Crippen LogP contribution in [0.3, 0.4) is 0 Å². The molecule has 0 heterocycles. The third-order valence-electron chi connectivity index (χ3n) is 1.77. The van der Waals surface area contributed by atoms with E-state index in [4.69, 9.17) is 22.9 Å². The van der Waals surface area contributed by atoms with E-state index in [-0.39, 0.29) is 12.5 Å². The summed E-state index contributed by atoms with van der Waals surface area (Å²) in [6.45, 7) is 0.109. The number of amides is 1. The molecule has 3 nitrogen and oxygen atoms in total. The van der Waals surface area contributed by atoms with Crippen molar-refractivity contribution in [1.29, 1.82) is 0 Å². The minimum atomic E-state index is -0.285. The Balaban J connectivity index is 2.84. The third-order valence-corrected chi connectivity index (χ3v) is 2.02. The number of rotatable bonds is 3. The summed E-state index contributed by atoms with van der Waals surface area (Å²) in [5.41, 5.74) is 0.483. The van der Waals surface area contributed by atoms with Crippen LogP contribution in [0.15, 0.2) is 24.3 Å². The molecule has 1 amide bonds. The van der Waals surface area contributed by atoms with Gasteiger partial charge in [-0.05, 0) is 24.3 Å². The number of nitrogens with zero attached hydrogens (tertiary/aromatic N) is 1. The minimum absolute atomic E-state index is 0.109. The molecule has 0 saturated heterocycles. The Labute approximate surface area is 93.5 Å². The van der Waals surface area contributed by atoms with Crippen molar-refractivity contribution in [1.82, 2.24) is 5.06 Å². The van der Waals surface area contributed by atoms with Crippen molar-refractivity contribution in [2.45, 2.75) is 0 Å². The summed E-state index contributed by atoms with van der Waals surface area (Å²) < 4.78 is 0. The molecule has 0 aliphatic carbocycles. The SMILES string of the molecule is C#CCN(OC)C(=O)c1ccc(Cl)cc1. The highest BCUT2D eigenvalue weighted by molar-refractivity contribution is 6.30. The van der Waals surface area contributed by atoms with E-state index in [2.05, 4.69) is 5.92 Å². The molecular formula is C11H10ClNO2. The highest BCUT2D eigenvalue weighted by Gasteiger charge is 2.13. The monoisotopic (exact) mass is 223 g/mol. The van der Waals surface area contributed by atoms with E-state index >= 15 is 0 Å². The lowest BCUT2D eigenvalue weighted by Crippen LogP contribution is -2.30. The van der Waals surface area contributed by atoms with Crippen molar-refractivity contribution in [3.05, 3.63) is 34.9 Å². The molecule has 0 radical (unpaired) electrons. The lowest BCUT2D eigenvalue weighted by molar-refractivity contribution is -0.0856. The van der Waals surface area contributed by atoms with Crippen molar-refractivity contribution < 1.29 is 9.63 Å². The molecule has 0 bridgehead atoms. The smallest absolute Gasteiger partial charge is 0.273 e. The predicted octanol–water partition coefficient (Wildman–Crippen LogP) is 1.98. The lowest BCUT2D eigenvalue weighted by atomic mass is 10.2. The number of hydrogen-bond donors (Lipinski definition) is 0. The van der Waals surface area contributed by atoms with Crippen LogP contribution >= 0.6 is 11.6 Å². The number of hydroxylamine groups is 2. The van der Waals surface area contributed by atoms with Gasteiger partial charge < -0.3 is 0 Å². The van der Waals surface area contributed by atoms with Crippen molar-refractivity contribution >= 4 is 17.5 Å². The maximum Gasteiger partial charge on any atom is 0.278 e. The van der Waals surface area contributed by atoms with E-state index < -0.39 is 0 Å². The van der Waals surface area contributed by atoms with Gasteiger partial charge in [0, 0.05) is 10.6 Å². The first-order valence-corrected chi connectivity index (χ1v) is 4.62. The summed E-state index contributed by atoms with van der Waals surface area (Å²) >= 11 is 5.70. The Hall–Kier alpha value is -1.50. The fraction of sp³-hybridized carbons (Fsp3) is 0.182. The molecule has 0 saturated carbocycles. The molecule has 1 rings (SSSR count). The fourth-order valence-corrected chi connectivity index (χ4v) is 1.16. The predicted molar refractivity (Wildman–Crippen MR) is 58.3 cm³/mol. The molecule has 1 aromatic rings. The van der Waals surface area contributed by atoms with Crippen molar-refractivity contribution in [3.8, 4) is 12.3 Å². The van der Waals surface area contributed by atoms with Gasteiger partial charge in [-0.2, -0.15) is 0 Å². The summed E-state index contributed by atoms with van der Waals surface area (Å²) in [7, 11) is 1.39. The first kappa shape index (κ1) is 11.6. The van der Waals surface area contributed by atoms with E-state index in [0.717, 1.165) is 5.06 Å². The van der Waals surface area contributed by atoms with E-state index in [0.29, 0.717) is 10.6 Å². The summed E-state index contributed by atoms with van der Waals surface area (Å²) in [5.74, 6) is 2.05. The normalized spacial score (nSPS) is 9.40. The van der Waals surface area contributed by atoms with Crippen LogP contribution in [0.4, 0.5) is 0 Å². The van der Waals surface area contributed by atoms with Crippen LogP contribution in [0, 0.1) is 12.3 Å². The molecule has 1 aromatic carbocycles. The highest BCUT2D eigenvalue weighted by atomic mass is 35.5. The van der Waals surface area contributed by atoms with Gasteiger partial charge in [-0.1, -0.05) is 17.5 Å². The Bertz CT molecular complexity index is 381. The second-order valence-corrected chi connectivity index (χ2v) is 3.17. The third kappa shape index (κ3) is 2.98. The molecule has 78 valence electrons. The molecule has 0 spiro atoms. The molecule has 0 atom stereocenters. The molecule has 0 fully saturated rings. The van der Waals surface area contributed by atoms with Gasteiger partial charge in [-0.3, -0.25) is 9.63 Å². The molecule has 0 aliphatic rings. The van der Waals surface area contributed by atoms with Crippen LogP contribution in [0.25, 0.3) is 0 Å². The number of terminal acetylenes is 1. The van der Waals surface area contributed by atoms with Gasteiger partial charge in [0.2, 0.25) is 0 Å². The van der Waals surface area contributed by atoms with Gasteiger partial charge in [0.05, 0.1) is 7.11 Å². The Morgan fingerprint density at radius 2 is 2.13 bits per heavy atom. The topological polar surface area (TPSA) is 29.5 Å². The van der Waals surface area contributed by atoms with Crippen LogP contribution in [-0.4, -0.2) is 24.6 Å². The van der Waals surface area contributed by atoms with Crippen molar-refractivity contribution in [2.24, 2.45) is 0 Å². The molecule has 0 unspecified atom stereocenters. The Kier molecular flexibility index (Phi) is 4.17. The summed E-state index contributed by atoms with van der Waals surface area (Å²) in [6, 6.07) is 6.51. The van der Waals surface area contributed by atoms with Crippen LogP contribution < -0.4 is 0 Å². The lowest BCUT2D eigenvalue weighted by Gasteiger charge is -2.16. The van der Waals surface area contributed by atoms with E-state index in [1.807, 2.05) is 0 Å². The number of benzene rings is 1. The second kappa shape index (κ2) is 5.40. The van der Waals surface area contributed by atoms with Crippen LogP contribution in [0.2, 0.25) is 5.02 Å². The highest BCUT2D eigenvalue weighted by Crippen LogP contribution is 2.11. The number of carbonyl (C=O) groups excluding carboxylic acids is 1. The zero-order chi connectivity index (χ0) is 11.3. The summed E-state index contributed by atoms with van der Waals surface area (Å²) in [4.78, 5) is 16.6. The van der Waals surface area contributed by atoms with Gasteiger partial charge in [0.15, 0.2) is 0 Å². The fourth-order valence-electron chi connectivity index (χ4n) is 1.04. The zero-order valence-corrected chi connectivity index (χ0v) is 8.99. The van der Waals surface area contributed by atoms with Gasteiger partial charge in [-0.15, -0.1) is 6.42 Å². The minimum Gasteiger partial charge on any atom is -0.273 e.